The third-order valence-corrected chi connectivity index (χ3v) is 5.16. The lowest BCUT2D eigenvalue weighted by Crippen LogP contribution is -2.26. The zero-order valence-corrected chi connectivity index (χ0v) is 18.2. The summed E-state index contributed by atoms with van der Waals surface area (Å²) < 4.78 is 41.1. The van der Waals surface area contributed by atoms with Crippen LogP contribution in [0.1, 0.15) is 31.9 Å². The van der Waals surface area contributed by atoms with Crippen molar-refractivity contribution in [3.63, 3.8) is 0 Å². The fraction of sp³-hybridized carbons (Fsp3) is 0.421. The molecule has 3 aromatic heterocycles. The summed E-state index contributed by atoms with van der Waals surface area (Å²) in [6.45, 7) is 5.54. The maximum absolute atomic E-state index is 13.2. The number of pyridine rings is 1. The van der Waals surface area contributed by atoms with Crippen molar-refractivity contribution in [2.75, 3.05) is 22.8 Å². The molecule has 12 heteroatoms. The molecule has 3 rings (SSSR count). The van der Waals surface area contributed by atoms with Crippen LogP contribution in [-0.2, 0) is 0 Å². The number of aromatic nitrogens is 5. The second kappa shape index (κ2) is 9.08. The predicted molar refractivity (Wildman–Crippen MR) is 116 cm³/mol. The van der Waals surface area contributed by atoms with Crippen LogP contribution in [0.5, 0.6) is 0 Å². The number of fused-ring (bicyclic) bond motifs is 1. The zero-order chi connectivity index (χ0) is 22.8. The normalized spacial score (nSPS) is 11.9. The molecule has 31 heavy (non-hydrogen) atoms. The topological polar surface area (TPSA) is 97.6 Å². The van der Waals surface area contributed by atoms with Gasteiger partial charge in [-0.3, -0.25) is 9.36 Å². The van der Waals surface area contributed by atoms with Gasteiger partial charge in [0.2, 0.25) is 5.95 Å². The number of nitrogens with zero attached hydrogens (tertiary/aromatic N) is 5. The largest absolute Gasteiger partial charge is 0.389 e. The van der Waals surface area contributed by atoms with Crippen molar-refractivity contribution < 1.29 is 13.2 Å². The zero-order valence-electron chi connectivity index (χ0n) is 17.4. The molecule has 0 unspecified atom stereocenters. The Hall–Kier alpha value is -2.89. The van der Waals surface area contributed by atoms with Crippen LogP contribution in [0.2, 0.25) is 0 Å². The lowest BCUT2D eigenvalue weighted by molar-refractivity contribution is -0.129. The van der Waals surface area contributed by atoms with Crippen molar-refractivity contribution in [3.8, 4) is 11.3 Å². The third-order valence-electron chi connectivity index (χ3n) is 4.40. The molecule has 0 spiro atoms. The lowest BCUT2D eigenvalue weighted by atomic mass is 10.1. The third kappa shape index (κ3) is 5.24. The van der Waals surface area contributed by atoms with Crippen LogP contribution < -0.4 is 15.6 Å². The molecule has 166 valence electrons. The van der Waals surface area contributed by atoms with Crippen molar-refractivity contribution >= 4 is 34.9 Å². The van der Waals surface area contributed by atoms with Gasteiger partial charge < -0.3 is 10.0 Å². The van der Waals surface area contributed by atoms with Gasteiger partial charge in [-0.2, -0.15) is 18.2 Å². The highest BCUT2D eigenvalue weighted by Gasteiger charge is 2.26. The molecule has 3 heterocycles. The monoisotopic (exact) mass is 453 g/mol. The van der Waals surface area contributed by atoms with Crippen LogP contribution >= 0.6 is 11.9 Å². The van der Waals surface area contributed by atoms with E-state index in [1.165, 1.54) is 6.20 Å². The van der Waals surface area contributed by atoms with Gasteiger partial charge in [0.1, 0.15) is 17.0 Å². The summed E-state index contributed by atoms with van der Waals surface area (Å²) in [7, 11) is 1.69. The molecule has 0 aromatic carbocycles. The van der Waals surface area contributed by atoms with Gasteiger partial charge in [0.05, 0.1) is 12.6 Å². The highest BCUT2D eigenvalue weighted by molar-refractivity contribution is 8.00. The van der Waals surface area contributed by atoms with Crippen molar-refractivity contribution in [1.82, 2.24) is 24.5 Å². The van der Waals surface area contributed by atoms with Crippen molar-refractivity contribution in [2.24, 2.45) is 0 Å². The fourth-order valence-corrected chi connectivity index (χ4v) is 3.62. The number of aryl methyl sites for hydroxylation is 1. The molecule has 0 radical (unpaired) electrons. The van der Waals surface area contributed by atoms with Gasteiger partial charge in [-0.1, -0.05) is 11.9 Å². The SMILES string of the molecule is CNc1ncc2nc(-c3cnc(NSCCC(F)(F)F)cc3C)c(=O)n(C(C)C)c2n1. The van der Waals surface area contributed by atoms with Gasteiger partial charge in [-0.15, -0.1) is 0 Å². The highest BCUT2D eigenvalue weighted by Crippen LogP contribution is 2.26. The van der Waals surface area contributed by atoms with Gasteiger partial charge in [0, 0.05) is 30.6 Å². The number of halogens is 3. The minimum absolute atomic E-state index is 0.133. The quantitative estimate of drug-likeness (QED) is 0.406. The fourth-order valence-electron chi connectivity index (χ4n) is 2.93. The van der Waals surface area contributed by atoms with Gasteiger partial charge in [-0.05, 0) is 32.4 Å². The molecular weight excluding hydrogens is 431 g/mol. The summed E-state index contributed by atoms with van der Waals surface area (Å²) in [5.74, 6) is 0.652. The molecule has 2 N–H and O–H groups in total. The Bertz CT molecular complexity index is 1150. The second-order valence-electron chi connectivity index (χ2n) is 7.08. The summed E-state index contributed by atoms with van der Waals surface area (Å²) in [6, 6.07) is 1.50. The van der Waals surface area contributed by atoms with Gasteiger partial charge >= 0.3 is 6.18 Å². The molecule has 8 nitrogen and oxygen atoms in total. The van der Waals surface area contributed by atoms with E-state index in [4.69, 9.17) is 0 Å². The molecule has 0 saturated carbocycles. The number of nitrogens with one attached hydrogen (secondary N) is 2. The maximum atomic E-state index is 13.2. The Morgan fingerprint density at radius 1 is 1.19 bits per heavy atom. The molecular formula is C19H22F3N7OS. The first-order chi connectivity index (χ1) is 14.6. The Kier molecular flexibility index (Phi) is 6.68. The molecule has 3 aromatic rings. The Balaban J connectivity index is 1.96. The van der Waals surface area contributed by atoms with Crippen molar-refractivity contribution in [3.05, 3.63) is 34.4 Å². The summed E-state index contributed by atoms with van der Waals surface area (Å²) in [6.07, 6.45) is -2.05. The summed E-state index contributed by atoms with van der Waals surface area (Å²) in [5.41, 5.74) is 2.03. The van der Waals surface area contributed by atoms with Crippen LogP contribution in [0.4, 0.5) is 24.9 Å². The van der Waals surface area contributed by atoms with E-state index in [2.05, 4.69) is 30.0 Å². The molecule has 0 fully saturated rings. The Morgan fingerprint density at radius 3 is 2.55 bits per heavy atom. The van der Waals surface area contributed by atoms with Crippen LogP contribution in [0.3, 0.4) is 0 Å². The Morgan fingerprint density at radius 2 is 1.94 bits per heavy atom. The molecule has 0 amide bonds. The molecule has 0 aliphatic heterocycles. The standard InChI is InChI=1S/C19H22F3N7OS/c1-10(2)29-16-13(9-25-18(23-4)27-16)26-15(17(29)30)12-8-24-14(7-11(12)3)28-31-6-5-19(20,21)22/h7-10H,5-6H2,1-4H3,(H,24,28)(H,23,25,27). The molecule has 0 aliphatic carbocycles. The van der Waals surface area contributed by atoms with E-state index in [1.807, 2.05) is 13.8 Å². The van der Waals surface area contributed by atoms with Crippen LogP contribution in [0.25, 0.3) is 22.4 Å². The van der Waals surface area contributed by atoms with Crippen LogP contribution in [0.15, 0.2) is 23.3 Å². The van der Waals surface area contributed by atoms with Crippen LogP contribution in [0, 0.1) is 6.92 Å². The average molecular weight is 453 g/mol. The minimum atomic E-state index is -4.20. The number of rotatable bonds is 7. The second-order valence-corrected chi connectivity index (χ2v) is 7.98. The van der Waals surface area contributed by atoms with E-state index in [0.29, 0.717) is 34.1 Å². The molecule has 0 saturated heterocycles. The van der Waals surface area contributed by atoms with Crippen molar-refractivity contribution in [2.45, 2.75) is 39.4 Å². The molecule has 0 aliphatic rings. The number of anilines is 2. The smallest absolute Gasteiger partial charge is 0.357 e. The number of hydrogen-bond donors (Lipinski definition) is 2. The van der Waals surface area contributed by atoms with E-state index >= 15 is 0 Å². The van der Waals surface area contributed by atoms with Crippen molar-refractivity contribution in [1.29, 1.82) is 0 Å². The van der Waals surface area contributed by atoms with E-state index in [-0.39, 0.29) is 23.0 Å². The van der Waals surface area contributed by atoms with Gasteiger partial charge in [-0.25, -0.2) is 15.0 Å². The lowest BCUT2D eigenvalue weighted by Gasteiger charge is -2.16. The first-order valence-corrected chi connectivity index (χ1v) is 10.5. The van der Waals surface area contributed by atoms with E-state index in [0.717, 1.165) is 11.9 Å². The Labute approximate surface area is 180 Å². The first-order valence-electron chi connectivity index (χ1n) is 9.49. The van der Waals surface area contributed by atoms with Gasteiger partial charge in [0.25, 0.3) is 5.56 Å². The summed E-state index contributed by atoms with van der Waals surface area (Å²) >= 11 is 0.922. The average Bonchev–Trinajstić information content (AvgIpc) is 2.69. The van der Waals surface area contributed by atoms with E-state index in [9.17, 15) is 18.0 Å². The van der Waals surface area contributed by atoms with Crippen LogP contribution in [-0.4, -0.2) is 43.5 Å². The number of alkyl halides is 3. The summed E-state index contributed by atoms with van der Waals surface area (Å²) in [4.78, 5) is 30.5. The molecule has 0 atom stereocenters. The van der Waals surface area contributed by atoms with E-state index < -0.39 is 12.6 Å². The van der Waals surface area contributed by atoms with E-state index in [1.54, 1.807) is 30.8 Å². The van der Waals surface area contributed by atoms with Gasteiger partial charge in [0.15, 0.2) is 5.65 Å². The highest BCUT2D eigenvalue weighted by atomic mass is 32.2. The predicted octanol–water partition coefficient (Wildman–Crippen LogP) is 4.19. The molecule has 0 bridgehead atoms. The number of hydrogen-bond acceptors (Lipinski definition) is 8. The minimum Gasteiger partial charge on any atom is -0.357 e. The maximum Gasteiger partial charge on any atom is 0.389 e. The summed E-state index contributed by atoms with van der Waals surface area (Å²) in [5, 5.41) is 2.85. The first kappa shape index (κ1) is 22.8.